The summed E-state index contributed by atoms with van der Waals surface area (Å²) in [6.45, 7) is 6.32. The molecule has 2 amide bonds. The molecule has 36 heavy (non-hydrogen) atoms. The Morgan fingerprint density at radius 1 is 1.22 bits per heavy atom. The van der Waals surface area contributed by atoms with E-state index in [4.69, 9.17) is 4.74 Å². The highest BCUT2D eigenvalue weighted by Crippen LogP contribution is 2.31. The van der Waals surface area contributed by atoms with Crippen molar-refractivity contribution in [3.8, 4) is 17.0 Å². The van der Waals surface area contributed by atoms with Crippen LogP contribution in [0.4, 0.5) is 0 Å². The number of hydrogen-bond acceptors (Lipinski definition) is 6. The molecule has 8 nitrogen and oxygen atoms in total. The van der Waals surface area contributed by atoms with Crippen LogP contribution in [0.15, 0.2) is 61.1 Å². The molecule has 1 aliphatic rings. The van der Waals surface area contributed by atoms with Gasteiger partial charge >= 0.3 is 0 Å². The number of rotatable bonds is 6. The fourth-order valence-corrected chi connectivity index (χ4v) is 4.43. The van der Waals surface area contributed by atoms with Crippen LogP contribution in [0.2, 0.25) is 0 Å². The molecule has 0 saturated heterocycles. The van der Waals surface area contributed by atoms with Crippen LogP contribution >= 0.6 is 0 Å². The number of benzene rings is 1. The van der Waals surface area contributed by atoms with Crippen LogP contribution in [0.1, 0.15) is 40.1 Å². The van der Waals surface area contributed by atoms with Crippen LogP contribution in [0, 0.1) is 12.8 Å². The van der Waals surface area contributed by atoms with Crippen LogP contribution in [0.25, 0.3) is 11.1 Å². The normalized spacial score (nSPS) is 18.5. The molecule has 188 valence electrons. The summed E-state index contributed by atoms with van der Waals surface area (Å²) in [4.78, 5) is 38.4. The smallest absolute Gasteiger partial charge is 0.259 e. The van der Waals surface area contributed by atoms with Crippen LogP contribution in [-0.4, -0.2) is 75.6 Å². The van der Waals surface area contributed by atoms with E-state index in [0.717, 1.165) is 16.7 Å². The molecule has 0 fully saturated rings. The molecule has 2 aromatic heterocycles. The maximum absolute atomic E-state index is 13.7. The van der Waals surface area contributed by atoms with Crippen molar-refractivity contribution >= 4 is 11.8 Å². The molecule has 3 heterocycles. The summed E-state index contributed by atoms with van der Waals surface area (Å²) in [5.74, 6) is -0.272. The summed E-state index contributed by atoms with van der Waals surface area (Å²) < 4.78 is 6.33. The second-order valence-corrected chi connectivity index (χ2v) is 9.44. The van der Waals surface area contributed by atoms with Crippen molar-refractivity contribution in [2.45, 2.75) is 32.9 Å². The summed E-state index contributed by atoms with van der Waals surface area (Å²) in [5, 5.41) is 9.88. The van der Waals surface area contributed by atoms with Crippen molar-refractivity contribution in [2.75, 3.05) is 26.7 Å². The predicted octanol–water partition coefficient (Wildman–Crippen LogP) is 3.44. The van der Waals surface area contributed by atoms with E-state index >= 15 is 0 Å². The first kappa shape index (κ1) is 25.3. The molecule has 3 aromatic rings. The van der Waals surface area contributed by atoms with Gasteiger partial charge in [-0.1, -0.05) is 31.2 Å². The zero-order valence-electron chi connectivity index (χ0n) is 21.1. The number of amides is 2. The molecule has 0 unspecified atom stereocenters. The minimum absolute atomic E-state index is 0.123. The maximum atomic E-state index is 13.7. The van der Waals surface area contributed by atoms with Gasteiger partial charge in [-0.05, 0) is 43.2 Å². The summed E-state index contributed by atoms with van der Waals surface area (Å²) in [5.41, 5.74) is 3.75. The van der Waals surface area contributed by atoms with E-state index in [1.54, 1.807) is 47.6 Å². The van der Waals surface area contributed by atoms with E-state index in [2.05, 4.69) is 9.97 Å². The van der Waals surface area contributed by atoms with Gasteiger partial charge in [0, 0.05) is 49.2 Å². The first-order valence-electron chi connectivity index (χ1n) is 12.1. The molecule has 4 rings (SSSR count). The number of ether oxygens (including phenoxy) is 1. The van der Waals surface area contributed by atoms with Crippen LogP contribution in [0.3, 0.4) is 0 Å². The molecule has 1 aliphatic heterocycles. The molecule has 0 bridgehead atoms. The molecule has 1 N–H and O–H groups in total. The lowest BCUT2D eigenvalue weighted by Gasteiger charge is -2.37. The summed E-state index contributed by atoms with van der Waals surface area (Å²) in [7, 11) is 1.73. The van der Waals surface area contributed by atoms with E-state index in [1.165, 1.54) is 0 Å². The second-order valence-electron chi connectivity index (χ2n) is 9.44. The number of nitrogens with zero attached hydrogens (tertiary/aromatic N) is 4. The zero-order valence-corrected chi connectivity index (χ0v) is 21.1. The minimum Gasteiger partial charge on any atom is -0.472 e. The van der Waals surface area contributed by atoms with Gasteiger partial charge in [0.2, 0.25) is 5.88 Å². The van der Waals surface area contributed by atoms with Gasteiger partial charge in [-0.2, -0.15) is 0 Å². The van der Waals surface area contributed by atoms with Crippen molar-refractivity contribution < 1.29 is 19.4 Å². The third-order valence-corrected chi connectivity index (χ3v) is 6.70. The Morgan fingerprint density at radius 2 is 1.94 bits per heavy atom. The number of pyridine rings is 2. The van der Waals surface area contributed by atoms with Gasteiger partial charge in [0.25, 0.3) is 11.8 Å². The van der Waals surface area contributed by atoms with Crippen molar-refractivity contribution in [3.05, 3.63) is 77.7 Å². The van der Waals surface area contributed by atoms with Gasteiger partial charge in [-0.15, -0.1) is 0 Å². The zero-order chi connectivity index (χ0) is 25.8. The standard InChI is InChI=1S/C28H32N4O4/c1-18-7-5-6-8-23(18)22-13-24-26(30-14-22)36-25(19(2)15-32(28(24)35)20(3)17-33)16-31(4)27(34)21-9-11-29-12-10-21/h5-14,19-20,25,33H,15-17H2,1-4H3/t19-,20-,25-/m1/s1. The van der Waals surface area contributed by atoms with Gasteiger partial charge in [0.1, 0.15) is 11.7 Å². The summed E-state index contributed by atoms with van der Waals surface area (Å²) in [6.07, 6.45) is 4.46. The van der Waals surface area contributed by atoms with Crippen LogP contribution in [-0.2, 0) is 0 Å². The Hall–Kier alpha value is -3.78. The molecule has 3 atom stereocenters. The topological polar surface area (TPSA) is 95.9 Å². The number of fused-ring (bicyclic) bond motifs is 1. The Labute approximate surface area is 211 Å². The van der Waals surface area contributed by atoms with Crippen molar-refractivity contribution in [3.63, 3.8) is 0 Å². The molecule has 0 spiro atoms. The van der Waals surface area contributed by atoms with Gasteiger partial charge in [0.05, 0.1) is 19.2 Å². The average Bonchev–Trinajstić information content (AvgIpc) is 2.90. The number of aromatic nitrogens is 2. The molecule has 8 heteroatoms. The Morgan fingerprint density at radius 3 is 2.64 bits per heavy atom. The van der Waals surface area contributed by atoms with Crippen LogP contribution < -0.4 is 4.74 Å². The summed E-state index contributed by atoms with van der Waals surface area (Å²) in [6, 6.07) is 12.7. The highest BCUT2D eigenvalue weighted by atomic mass is 16.5. The van der Waals surface area contributed by atoms with Gasteiger partial charge < -0.3 is 19.6 Å². The van der Waals surface area contributed by atoms with Gasteiger partial charge in [-0.25, -0.2) is 4.98 Å². The van der Waals surface area contributed by atoms with Crippen molar-refractivity contribution in [1.82, 2.24) is 19.8 Å². The molecule has 1 aromatic carbocycles. The molecule has 0 radical (unpaired) electrons. The SMILES string of the molecule is Cc1ccccc1-c1cnc2c(c1)C(=O)N([C@H](C)CO)C[C@@H](C)[C@@H](CN(C)C(=O)c1ccncc1)O2. The number of aliphatic hydroxyl groups excluding tert-OH is 1. The fourth-order valence-electron chi connectivity index (χ4n) is 4.43. The Balaban J connectivity index is 1.70. The quantitative estimate of drug-likeness (QED) is 0.571. The largest absolute Gasteiger partial charge is 0.472 e. The van der Waals surface area contributed by atoms with E-state index in [0.29, 0.717) is 24.2 Å². The van der Waals surface area contributed by atoms with E-state index < -0.39 is 6.10 Å². The van der Waals surface area contributed by atoms with E-state index in [1.807, 2.05) is 51.1 Å². The molecular formula is C28H32N4O4. The Bertz CT molecular complexity index is 1230. The lowest BCUT2D eigenvalue weighted by atomic mass is 9.98. The number of aryl methyl sites for hydroxylation is 1. The maximum Gasteiger partial charge on any atom is 0.259 e. The highest BCUT2D eigenvalue weighted by molar-refractivity contribution is 5.98. The lowest BCUT2D eigenvalue weighted by Crippen LogP contribution is -2.50. The second kappa shape index (κ2) is 10.9. The number of carbonyl (C=O) groups is 2. The first-order valence-corrected chi connectivity index (χ1v) is 12.1. The Kier molecular flexibility index (Phi) is 7.64. The van der Waals surface area contributed by atoms with Crippen LogP contribution in [0.5, 0.6) is 5.88 Å². The predicted molar refractivity (Wildman–Crippen MR) is 137 cm³/mol. The molecule has 0 saturated carbocycles. The third-order valence-electron chi connectivity index (χ3n) is 6.70. The minimum atomic E-state index is -0.419. The number of aliphatic hydroxyl groups is 1. The molecule has 0 aliphatic carbocycles. The molecular weight excluding hydrogens is 456 g/mol. The first-order chi connectivity index (χ1) is 17.3. The lowest BCUT2D eigenvalue weighted by molar-refractivity contribution is 0.0313. The summed E-state index contributed by atoms with van der Waals surface area (Å²) >= 11 is 0. The number of carbonyl (C=O) groups excluding carboxylic acids is 2. The third kappa shape index (κ3) is 5.23. The monoisotopic (exact) mass is 488 g/mol. The van der Waals surface area contributed by atoms with Gasteiger partial charge in [-0.3, -0.25) is 14.6 Å². The number of likely N-dealkylation sites (N-methyl/N-ethyl adjacent to an activating group) is 1. The number of hydrogen-bond donors (Lipinski definition) is 1. The average molecular weight is 489 g/mol. The van der Waals surface area contributed by atoms with Crippen molar-refractivity contribution in [2.24, 2.45) is 5.92 Å². The highest BCUT2D eigenvalue weighted by Gasteiger charge is 2.35. The van der Waals surface area contributed by atoms with Gasteiger partial charge in [0.15, 0.2) is 0 Å². The van der Waals surface area contributed by atoms with E-state index in [-0.39, 0.29) is 36.3 Å². The van der Waals surface area contributed by atoms with E-state index in [9.17, 15) is 14.7 Å². The van der Waals surface area contributed by atoms with Crippen molar-refractivity contribution in [1.29, 1.82) is 0 Å². The fraction of sp³-hybridized carbons (Fsp3) is 0.357.